The SMILES string of the molecule is COc1ccc(O)c2cc(OS(=O)(=O)C(F)(F)F)cc(OC)c12. The molecule has 1 N–H and O–H groups in total. The summed E-state index contributed by atoms with van der Waals surface area (Å²) in [5.41, 5.74) is -5.58. The summed E-state index contributed by atoms with van der Waals surface area (Å²) in [4.78, 5) is 0. The lowest BCUT2D eigenvalue weighted by Gasteiger charge is -2.14. The Kier molecular flexibility index (Phi) is 4.20. The Morgan fingerprint density at radius 2 is 1.65 bits per heavy atom. The van der Waals surface area contributed by atoms with E-state index in [1.165, 1.54) is 26.4 Å². The van der Waals surface area contributed by atoms with E-state index in [0.29, 0.717) is 0 Å². The normalized spacial score (nSPS) is 12.2. The van der Waals surface area contributed by atoms with Crippen LogP contribution < -0.4 is 13.7 Å². The first-order valence-corrected chi connectivity index (χ1v) is 7.40. The van der Waals surface area contributed by atoms with Gasteiger partial charge in [-0.05, 0) is 18.2 Å². The van der Waals surface area contributed by atoms with Crippen molar-refractivity contribution in [2.24, 2.45) is 0 Å². The molecule has 0 saturated heterocycles. The van der Waals surface area contributed by atoms with Gasteiger partial charge in [0.05, 0.1) is 19.6 Å². The van der Waals surface area contributed by atoms with Crippen molar-refractivity contribution in [3.05, 3.63) is 24.3 Å². The molecule has 126 valence electrons. The molecule has 0 aliphatic rings. The number of fused-ring (bicyclic) bond motifs is 1. The first-order valence-electron chi connectivity index (χ1n) is 5.99. The molecule has 0 aromatic heterocycles. The molecule has 0 heterocycles. The second-order valence-electron chi connectivity index (χ2n) is 4.32. The molecule has 0 amide bonds. The molecule has 2 aromatic carbocycles. The van der Waals surface area contributed by atoms with Crippen LogP contribution in [0.2, 0.25) is 0 Å². The summed E-state index contributed by atoms with van der Waals surface area (Å²) in [7, 11) is -3.27. The first kappa shape index (κ1) is 17.0. The van der Waals surface area contributed by atoms with Crippen molar-refractivity contribution in [2.45, 2.75) is 5.51 Å². The maximum absolute atomic E-state index is 12.4. The van der Waals surface area contributed by atoms with Gasteiger partial charge in [-0.1, -0.05) is 0 Å². The monoisotopic (exact) mass is 352 g/mol. The van der Waals surface area contributed by atoms with E-state index in [1.807, 2.05) is 0 Å². The van der Waals surface area contributed by atoms with Crippen LogP contribution in [0.15, 0.2) is 24.3 Å². The number of rotatable bonds is 4. The third-order valence-corrected chi connectivity index (χ3v) is 3.90. The number of hydrogen-bond donors (Lipinski definition) is 1. The van der Waals surface area contributed by atoms with Gasteiger partial charge in [-0.2, -0.15) is 21.6 Å². The third kappa shape index (κ3) is 3.07. The Hall–Kier alpha value is -2.36. The number of methoxy groups -OCH3 is 2. The van der Waals surface area contributed by atoms with Crippen molar-refractivity contribution in [2.75, 3.05) is 14.2 Å². The fraction of sp³-hybridized carbons (Fsp3) is 0.231. The van der Waals surface area contributed by atoms with Crippen molar-refractivity contribution >= 4 is 20.9 Å². The van der Waals surface area contributed by atoms with E-state index in [9.17, 15) is 26.7 Å². The minimum Gasteiger partial charge on any atom is -0.507 e. The van der Waals surface area contributed by atoms with Gasteiger partial charge in [0.1, 0.15) is 23.0 Å². The van der Waals surface area contributed by atoms with E-state index in [4.69, 9.17) is 9.47 Å². The summed E-state index contributed by atoms with van der Waals surface area (Å²) in [5, 5.41) is 10.1. The van der Waals surface area contributed by atoms with Gasteiger partial charge in [0.25, 0.3) is 0 Å². The van der Waals surface area contributed by atoms with Gasteiger partial charge in [-0.25, -0.2) is 0 Å². The van der Waals surface area contributed by atoms with Gasteiger partial charge in [0, 0.05) is 11.5 Å². The predicted molar refractivity (Wildman–Crippen MR) is 74.3 cm³/mol. The average Bonchev–Trinajstić information content (AvgIpc) is 2.46. The summed E-state index contributed by atoms with van der Waals surface area (Å²) >= 11 is 0. The maximum Gasteiger partial charge on any atom is 0.534 e. The lowest BCUT2D eigenvalue weighted by atomic mass is 10.1. The van der Waals surface area contributed by atoms with Gasteiger partial charge >= 0.3 is 15.6 Å². The lowest BCUT2D eigenvalue weighted by molar-refractivity contribution is -0.0500. The second-order valence-corrected chi connectivity index (χ2v) is 5.86. The average molecular weight is 352 g/mol. The fourth-order valence-electron chi connectivity index (χ4n) is 1.93. The number of alkyl halides is 3. The zero-order valence-electron chi connectivity index (χ0n) is 11.8. The van der Waals surface area contributed by atoms with E-state index < -0.39 is 21.4 Å². The standard InChI is InChI=1S/C13H11F3O6S/c1-20-10-4-3-9(17)8-5-7(6-11(21-2)12(8)10)22-23(18,19)13(14,15)16/h3-6,17H,1-2H3. The number of phenols is 1. The summed E-state index contributed by atoms with van der Waals surface area (Å²) in [6.07, 6.45) is 0. The smallest absolute Gasteiger partial charge is 0.507 e. The van der Waals surface area contributed by atoms with Crippen LogP contribution in [-0.2, 0) is 10.1 Å². The van der Waals surface area contributed by atoms with Crippen LogP contribution in [-0.4, -0.2) is 33.3 Å². The van der Waals surface area contributed by atoms with E-state index in [-0.39, 0.29) is 28.0 Å². The van der Waals surface area contributed by atoms with Crippen LogP contribution in [0.5, 0.6) is 23.0 Å². The van der Waals surface area contributed by atoms with Gasteiger partial charge in [0.15, 0.2) is 0 Å². The van der Waals surface area contributed by atoms with E-state index >= 15 is 0 Å². The quantitative estimate of drug-likeness (QED) is 0.673. The molecule has 2 rings (SSSR count). The highest BCUT2D eigenvalue weighted by Gasteiger charge is 2.48. The molecule has 0 aliphatic carbocycles. The molecule has 0 fully saturated rings. The Morgan fingerprint density at radius 3 is 2.17 bits per heavy atom. The number of ether oxygens (including phenoxy) is 2. The molecule has 0 bridgehead atoms. The van der Waals surface area contributed by atoms with Gasteiger partial charge in [-0.15, -0.1) is 0 Å². The predicted octanol–water partition coefficient (Wildman–Crippen LogP) is 2.79. The third-order valence-electron chi connectivity index (χ3n) is 2.92. The summed E-state index contributed by atoms with van der Waals surface area (Å²) in [6.45, 7) is 0. The zero-order chi connectivity index (χ0) is 17.4. The summed E-state index contributed by atoms with van der Waals surface area (Å²) in [5.74, 6) is -0.716. The number of halogens is 3. The molecule has 0 aliphatic heterocycles. The van der Waals surface area contributed by atoms with Crippen molar-refractivity contribution in [1.82, 2.24) is 0 Å². The Labute approximate surface area is 129 Å². The molecule has 0 unspecified atom stereocenters. The van der Waals surface area contributed by atoms with Crippen LogP contribution in [0.1, 0.15) is 0 Å². The van der Waals surface area contributed by atoms with Crippen molar-refractivity contribution < 1.29 is 40.4 Å². The largest absolute Gasteiger partial charge is 0.534 e. The summed E-state index contributed by atoms with van der Waals surface area (Å²) < 4.78 is 73.5. The molecule has 0 saturated carbocycles. The number of hydrogen-bond acceptors (Lipinski definition) is 6. The zero-order valence-corrected chi connectivity index (χ0v) is 12.7. The summed E-state index contributed by atoms with van der Waals surface area (Å²) in [6, 6.07) is 4.56. The highest BCUT2D eigenvalue weighted by Crippen LogP contribution is 2.42. The molecule has 0 spiro atoms. The minimum atomic E-state index is -5.84. The van der Waals surface area contributed by atoms with E-state index in [1.54, 1.807) is 0 Å². The van der Waals surface area contributed by atoms with Crippen molar-refractivity contribution in [3.63, 3.8) is 0 Å². The van der Waals surface area contributed by atoms with E-state index in [0.717, 1.165) is 12.1 Å². The van der Waals surface area contributed by atoms with E-state index in [2.05, 4.69) is 4.18 Å². The molecule has 23 heavy (non-hydrogen) atoms. The van der Waals surface area contributed by atoms with Gasteiger partial charge < -0.3 is 18.8 Å². The number of phenolic OH excluding ortho intramolecular Hbond substituents is 1. The van der Waals surface area contributed by atoms with Crippen LogP contribution in [0.25, 0.3) is 10.8 Å². The molecule has 0 radical (unpaired) electrons. The van der Waals surface area contributed by atoms with Crippen LogP contribution in [0.4, 0.5) is 13.2 Å². The molecule has 0 atom stereocenters. The van der Waals surface area contributed by atoms with Crippen LogP contribution >= 0.6 is 0 Å². The van der Waals surface area contributed by atoms with Gasteiger partial charge in [-0.3, -0.25) is 0 Å². The Balaban J connectivity index is 2.68. The number of benzene rings is 2. The molecule has 6 nitrogen and oxygen atoms in total. The Morgan fingerprint density at radius 1 is 1.04 bits per heavy atom. The second kappa shape index (κ2) is 5.69. The lowest BCUT2D eigenvalue weighted by Crippen LogP contribution is -2.28. The molecule has 2 aromatic rings. The molecular weight excluding hydrogens is 341 g/mol. The fourth-order valence-corrected chi connectivity index (χ4v) is 2.37. The highest BCUT2D eigenvalue weighted by molar-refractivity contribution is 7.88. The highest BCUT2D eigenvalue weighted by atomic mass is 32.2. The maximum atomic E-state index is 12.4. The Bertz CT molecular complexity index is 845. The topological polar surface area (TPSA) is 82.1 Å². The molecule has 10 heteroatoms. The first-order chi connectivity index (χ1) is 10.6. The number of aromatic hydroxyl groups is 1. The minimum absolute atomic E-state index is 0.0103. The van der Waals surface area contributed by atoms with Crippen molar-refractivity contribution in [1.29, 1.82) is 0 Å². The van der Waals surface area contributed by atoms with Gasteiger partial charge in [0.2, 0.25) is 0 Å². The van der Waals surface area contributed by atoms with Crippen molar-refractivity contribution in [3.8, 4) is 23.0 Å². The van der Waals surface area contributed by atoms with Crippen LogP contribution in [0.3, 0.4) is 0 Å². The molecular formula is C13H11F3O6S. The van der Waals surface area contributed by atoms with Crippen LogP contribution in [0, 0.1) is 0 Å².